The van der Waals surface area contributed by atoms with Crippen molar-refractivity contribution < 1.29 is 14.4 Å². The molecular weight excluding hydrogens is 320 g/mol. The molecule has 1 aromatic heterocycles. The van der Waals surface area contributed by atoms with E-state index in [1.165, 1.54) is 11.0 Å². The second-order valence-electron chi connectivity index (χ2n) is 6.40. The molecule has 1 saturated carbocycles. The van der Waals surface area contributed by atoms with Gasteiger partial charge in [0.05, 0.1) is 13.1 Å². The highest BCUT2D eigenvalue weighted by molar-refractivity contribution is 6.03. The Balaban J connectivity index is 1.48. The van der Waals surface area contributed by atoms with Gasteiger partial charge in [0.1, 0.15) is 5.69 Å². The topological polar surface area (TPSA) is 84.3 Å². The molecule has 0 radical (unpaired) electrons. The minimum atomic E-state index is -0.270. The molecule has 0 atom stereocenters. The number of hydrogen-bond acceptors (Lipinski definition) is 4. The minimum Gasteiger partial charge on any atom is -0.348 e. The SMILES string of the molecule is O=C(CN1CCn2nc(C(=O)NC3CC3)cc2C1=O)c1ccccc1. The number of benzene rings is 1. The molecule has 25 heavy (non-hydrogen) atoms. The Morgan fingerprint density at radius 1 is 1.16 bits per heavy atom. The number of hydrogen-bond donors (Lipinski definition) is 1. The zero-order valence-corrected chi connectivity index (χ0v) is 13.6. The van der Waals surface area contributed by atoms with Gasteiger partial charge in [-0.1, -0.05) is 30.3 Å². The smallest absolute Gasteiger partial charge is 0.272 e. The van der Waals surface area contributed by atoms with Crippen molar-refractivity contribution in [3.63, 3.8) is 0 Å². The number of nitrogens with zero attached hydrogens (tertiary/aromatic N) is 3. The lowest BCUT2D eigenvalue weighted by molar-refractivity contribution is 0.0658. The lowest BCUT2D eigenvalue weighted by atomic mass is 10.1. The summed E-state index contributed by atoms with van der Waals surface area (Å²) in [6.07, 6.45) is 1.99. The van der Waals surface area contributed by atoms with Gasteiger partial charge in [-0.25, -0.2) is 0 Å². The maximum atomic E-state index is 12.6. The monoisotopic (exact) mass is 338 g/mol. The van der Waals surface area contributed by atoms with Crippen LogP contribution in [0.1, 0.15) is 44.2 Å². The van der Waals surface area contributed by atoms with Crippen molar-refractivity contribution in [2.24, 2.45) is 0 Å². The van der Waals surface area contributed by atoms with Crippen LogP contribution in [-0.2, 0) is 6.54 Å². The summed E-state index contributed by atoms with van der Waals surface area (Å²) in [5.41, 5.74) is 1.19. The van der Waals surface area contributed by atoms with Crippen molar-refractivity contribution in [3.8, 4) is 0 Å². The fourth-order valence-corrected chi connectivity index (χ4v) is 2.88. The Morgan fingerprint density at radius 3 is 2.64 bits per heavy atom. The number of nitrogens with one attached hydrogen (secondary N) is 1. The summed E-state index contributed by atoms with van der Waals surface area (Å²) in [5, 5.41) is 7.09. The van der Waals surface area contributed by atoms with E-state index in [2.05, 4.69) is 10.4 Å². The van der Waals surface area contributed by atoms with E-state index in [4.69, 9.17) is 0 Å². The predicted molar refractivity (Wildman–Crippen MR) is 89.4 cm³/mol. The first-order valence-electron chi connectivity index (χ1n) is 8.38. The van der Waals surface area contributed by atoms with Crippen LogP contribution in [0.15, 0.2) is 36.4 Å². The summed E-state index contributed by atoms with van der Waals surface area (Å²) in [5.74, 6) is -0.619. The zero-order valence-electron chi connectivity index (χ0n) is 13.6. The van der Waals surface area contributed by atoms with Crippen molar-refractivity contribution in [3.05, 3.63) is 53.3 Å². The van der Waals surface area contributed by atoms with E-state index in [-0.39, 0.29) is 35.9 Å². The van der Waals surface area contributed by atoms with Crippen LogP contribution < -0.4 is 5.32 Å². The van der Waals surface area contributed by atoms with Crippen LogP contribution in [0.4, 0.5) is 0 Å². The quantitative estimate of drug-likeness (QED) is 0.828. The second-order valence-corrected chi connectivity index (χ2v) is 6.40. The molecule has 7 heteroatoms. The number of aromatic nitrogens is 2. The highest BCUT2D eigenvalue weighted by Crippen LogP contribution is 2.20. The maximum absolute atomic E-state index is 12.6. The third-order valence-corrected chi connectivity index (χ3v) is 4.44. The lowest BCUT2D eigenvalue weighted by Gasteiger charge is -2.26. The van der Waals surface area contributed by atoms with Crippen LogP contribution >= 0.6 is 0 Å². The first-order valence-corrected chi connectivity index (χ1v) is 8.38. The normalized spacial score (nSPS) is 16.5. The molecule has 1 aromatic carbocycles. The van der Waals surface area contributed by atoms with Crippen LogP contribution in [0.3, 0.4) is 0 Å². The number of carbonyl (C=O) groups excluding carboxylic acids is 3. The van der Waals surface area contributed by atoms with Crippen LogP contribution in [0, 0.1) is 0 Å². The minimum absolute atomic E-state index is 0.0254. The van der Waals surface area contributed by atoms with Crippen molar-refractivity contribution in [1.29, 1.82) is 0 Å². The molecule has 2 heterocycles. The second kappa shape index (κ2) is 6.16. The van der Waals surface area contributed by atoms with Gasteiger partial charge >= 0.3 is 0 Å². The molecule has 7 nitrogen and oxygen atoms in total. The summed E-state index contributed by atoms with van der Waals surface area (Å²) in [7, 11) is 0. The molecule has 2 amide bonds. The van der Waals surface area contributed by atoms with E-state index in [0.29, 0.717) is 24.3 Å². The van der Waals surface area contributed by atoms with E-state index < -0.39 is 0 Å². The number of rotatable bonds is 5. The van der Waals surface area contributed by atoms with E-state index in [9.17, 15) is 14.4 Å². The van der Waals surface area contributed by atoms with E-state index in [0.717, 1.165) is 12.8 Å². The van der Waals surface area contributed by atoms with E-state index in [1.54, 1.807) is 28.9 Å². The highest BCUT2D eigenvalue weighted by atomic mass is 16.2. The fraction of sp³-hybridized carbons (Fsp3) is 0.333. The van der Waals surface area contributed by atoms with Crippen molar-refractivity contribution >= 4 is 17.6 Å². The predicted octanol–water partition coefficient (Wildman–Crippen LogP) is 1.11. The maximum Gasteiger partial charge on any atom is 0.272 e. The lowest BCUT2D eigenvalue weighted by Crippen LogP contribution is -2.43. The Labute approximate surface area is 144 Å². The van der Waals surface area contributed by atoms with Crippen LogP contribution in [0.25, 0.3) is 0 Å². The van der Waals surface area contributed by atoms with Crippen molar-refractivity contribution in [1.82, 2.24) is 20.0 Å². The number of amides is 2. The van der Waals surface area contributed by atoms with Gasteiger partial charge in [-0.3, -0.25) is 19.1 Å². The molecule has 1 N–H and O–H groups in total. The Hall–Kier alpha value is -2.96. The summed E-state index contributed by atoms with van der Waals surface area (Å²) in [6, 6.07) is 10.7. The summed E-state index contributed by atoms with van der Waals surface area (Å²) >= 11 is 0. The number of Topliss-reactive ketones (excluding diaryl/α,β-unsaturated/α-hetero) is 1. The van der Waals surface area contributed by atoms with Crippen molar-refractivity contribution in [2.75, 3.05) is 13.1 Å². The van der Waals surface area contributed by atoms with Gasteiger partial charge in [-0.05, 0) is 12.8 Å². The molecule has 0 bridgehead atoms. The average molecular weight is 338 g/mol. The third-order valence-electron chi connectivity index (χ3n) is 4.44. The molecule has 1 aliphatic carbocycles. The molecule has 2 aromatic rings. The molecule has 4 rings (SSSR count). The summed E-state index contributed by atoms with van der Waals surface area (Å²) < 4.78 is 1.55. The first-order chi connectivity index (χ1) is 12.1. The number of ketones is 1. The molecular formula is C18H18N4O3. The van der Waals surface area contributed by atoms with Gasteiger partial charge < -0.3 is 10.2 Å². The van der Waals surface area contributed by atoms with Crippen molar-refractivity contribution in [2.45, 2.75) is 25.4 Å². The Morgan fingerprint density at radius 2 is 1.92 bits per heavy atom. The van der Waals surface area contributed by atoms with Gasteiger partial charge in [0.2, 0.25) is 0 Å². The number of carbonyl (C=O) groups is 3. The number of fused-ring (bicyclic) bond motifs is 1. The van der Waals surface area contributed by atoms with Crippen LogP contribution in [0.2, 0.25) is 0 Å². The fourth-order valence-electron chi connectivity index (χ4n) is 2.88. The molecule has 1 aliphatic heterocycles. The molecule has 128 valence electrons. The molecule has 1 fully saturated rings. The Kier molecular flexibility index (Phi) is 3.83. The van der Waals surface area contributed by atoms with E-state index in [1.807, 2.05) is 6.07 Å². The highest BCUT2D eigenvalue weighted by Gasteiger charge is 2.30. The summed E-state index contributed by atoms with van der Waals surface area (Å²) in [6.45, 7) is 0.896. The van der Waals surface area contributed by atoms with Crippen LogP contribution in [0.5, 0.6) is 0 Å². The Bertz CT molecular complexity index is 839. The third kappa shape index (κ3) is 3.17. The average Bonchev–Trinajstić information content (AvgIpc) is 3.32. The van der Waals surface area contributed by atoms with Gasteiger partial charge in [-0.2, -0.15) is 5.10 Å². The standard InChI is InChI=1S/C18H18N4O3/c23-16(12-4-2-1-3-5-12)11-21-8-9-22-15(18(21)25)10-14(20-22)17(24)19-13-6-7-13/h1-5,10,13H,6-9,11H2,(H,19,24). The molecule has 2 aliphatic rings. The van der Waals surface area contributed by atoms with Gasteiger partial charge in [-0.15, -0.1) is 0 Å². The summed E-state index contributed by atoms with van der Waals surface area (Å²) in [4.78, 5) is 38.6. The largest absolute Gasteiger partial charge is 0.348 e. The van der Waals surface area contributed by atoms with Crippen LogP contribution in [-0.4, -0.2) is 51.4 Å². The first kappa shape index (κ1) is 15.6. The van der Waals surface area contributed by atoms with Gasteiger partial charge in [0, 0.05) is 24.2 Å². The molecule has 0 unspecified atom stereocenters. The molecule has 0 saturated heterocycles. The molecule has 0 spiro atoms. The van der Waals surface area contributed by atoms with Gasteiger partial charge in [0.25, 0.3) is 11.8 Å². The zero-order chi connectivity index (χ0) is 17.4. The van der Waals surface area contributed by atoms with E-state index >= 15 is 0 Å². The van der Waals surface area contributed by atoms with Gasteiger partial charge in [0.15, 0.2) is 11.5 Å².